The fourth-order valence-electron chi connectivity index (χ4n) is 2.92. The number of carbonyl (C=O) groups excluding carboxylic acids is 1. The number of nitrogens with zero attached hydrogens (tertiary/aromatic N) is 5. The van der Waals surface area contributed by atoms with Crippen LogP contribution < -0.4 is 10.6 Å². The molecule has 4 rings (SSSR count). The van der Waals surface area contributed by atoms with E-state index < -0.39 is 37.2 Å². The largest absolute Gasteiger partial charge is 0.394 e. The number of aliphatic hydroxyl groups is 3. The number of urea groups is 1. The number of carbonyl (C=O) groups is 1. The number of aryl methyl sites for hydroxylation is 1. The summed E-state index contributed by atoms with van der Waals surface area (Å²) in [5.74, 6) is 0.891. The lowest BCUT2D eigenvalue weighted by atomic mass is 10.1. The zero-order valence-corrected chi connectivity index (χ0v) is 14.6. The van der Waals surface area contributed by atoms with Crippen LogP contribution in [0.5, 0.6) is 0 Å². The van der Waals surface area contributed by atoms with E-state index in [9.17, 15) is 20.1 Å². The molecule has 1 aliphatic heterocycles. The summed E-state index contributed by atoms with van der Waals surface area (Å²) in [6.07, 6.45) is -1.95. The van der Waals surface area contributed by atoms with Gasteiger partial charge >= 0.3 is 6.03 Å². The van der Waals surface area contributed by atoms with Crippen LogP contribution in [0.4, 0.5) is 16.4 Å². The van der Waals surface area contributed by atoms with E-state index in [0.29, 0.717) is 5.76 Å². The molecule has 4 heterocycles. The van der Waals surface area contributed by atoms with E-state index in [1.54, 1.807) is 13.0 Å². The molecule has 0 saturated carbocycles. The summed E-state index contributed by atoms with van der Waals surface area (Å²) in [6.45, 7) is 1.24. The second kappa shape index (κ2) is 7.12. The van der Waals surface area contributed by atoms with Crippen molar-refractivity contribution in [2.45, 2.75) is 31.5 Å². The highest BCUT2D eigenvalue weighted by Gasteiger charge is 2.44. The lowest BCUT2D eigenvalue weighted by molar-refractivity contribution is -0.0511. The van der Waals surface area contributed by atoms with E-state index in [1.807, 2.05) is 0 Å². The number of rotatable bonds is 4. The Morgan fingerprint density at radius 1 is 1.25 bits per heavy atom. The molecule has 0 bridgehead atoms. The second-order valence-corrected chi connectivity index (χ2v) is 6.18. The highest BCUT2D eigenvalue weighted by atomic mass is 16.6. The zero-order chi connectivity index (χ0) is 19.8. The molecule has 0 aromatic carbocycles. The van der Waals surface area contributed by atoms with Gasteiger partial charge in [-0.1, -0.05) is 5.16 Å². The number of amides is 2. The number of fused-ring (bicyclic) bond motifs is 1. The van der Waals surface area contributed by atoms with E-state index in [1.165, 1.54) is 17.2 Å². The van der Waals surface area contributed by atoms with Crippen LogP contribution in [0.2, 0.25) is 0 Å². The summed E-state index contributed by atoms with van der Waals surface area (Å²) in [6, 6.07) is 0.932. The van der Waals surface area contributed by atoms with E-state index in [-0.39, 0.29) is 22.8 Å². The third kappa shape index (κ3) is 3.16. The Morgan fingerprint density at radius 3 is 2.75 bits per heavy atom. The predicted octanol–water partition coefficient (Wildman–Crippen LogP) is -0.622. The molecule has 3 aromatic rings. The summed E-state index contributed by atoms with van der Waals surface area (Å²) in [7, 11) is 0. The molecule has 4 atom stereocenters. The van der Waals surface area contributed by atoms with Crippen LogP contribution in [0.15, 0.2) is 23.2 Å². The monoisotopic (exact) mass is 391 g/mol. The third-order valence-electron chi connectivity index (χ3n) is 4.25. The van der Waals surface area contributed by atoms with Gasteiger partial charge in [0.05, 0.1) is 12.9 Å². The van der Waals surface area contributed by atoms with Gasteiger partial charge in [0.25, 0.3) is 0 Å². The van der Waals surface area contributed by atoms with Crippen LogP contribution in [-0.4, -0.2) is 70.9 Å². The molecule has 13 heteroatoms. The molecule has 1 saturated heterocycles. The standard InChI is InChI=1S/C15H17N7O6/c1-6-2-8(21-28-6)19-15(26)20-12-9-13(17-4-16-12)22(5-18-9)14-11(25)10(24)7(3-23)27-14/h2,4-5,7,10-11,14,23-25H,3H2,1H3,(H2,16,17,19,20,21,26)/t7-,10-,11-,14-/m1/s1. The van der Waals surface area contributed by atoms with Crippen LogP contribution >= 0.6 is 0 Å². The van der Waals surface area contributed by atoms with Gasteiger partial charge in [-0.3, -0.25) is 15.2 Å². The van der Waals surface area contributed by atoms with Crippen molar-refractivity contribution in [3.05, 3.63) is 24.5 Å². The minimum Gasteiger partial charge on any atom is -0.394 e. The van der Waals surface area contributed by atoms with Gasteiger partial charge in [-0.05, 0) is 6.92 Å². The zero-order valence-electron chi connectivity index (χ0n) is 14.6. The van der Waals surface area contributed by atoms with Gasteiger partial charge in [0, 0.05) is 6.07 Å². The quantitative estimate of drug-likeness (QED) is 0.384. The average Bonchev–Trinajstić information content (AvgIpc) is 3.35. The van der Waals surface area contributed by atoms with Gasteiger partial charge < -0.3 is 24.6 Å². The molecule has 148 valence electrons. The van der Waals surface area contributed by atoms with E-state index >= 15 is 0 Å². The van der Waals surface area contributed by atoms with Gasteiger partial charge in [-0.2, -0.15) is 0 Å². The molecular weight excluding hydrogens is 374 g/mol. The van der Waals surface area contributed by atoms with E-state index in [2.05, 4.69) is 30.7 Å². The molecule has 0 aliphatic carbocycles. The molecule has 3 aromatic heterocycles. The smallest absolute Gasteiger partial charge is 0.326 e. The van der Waals surface area contributed by atoms with Crippen molar-refractivity contribution in [2.24, 2.45) is 0 Å². The Labute approximate surface area is 157 Å². The average molecular weight is 391 g/mol. The first-order chi connectivity index (χ1) is 13.5. The van der Waals surface area contributed by atoms with Gasteiger partial charge in [0.2, 0.25) is 0 Å². The highest BCUT2D eigenvalue weighted by Crippen LogP contribution is 2.32. The minimum absolute atomic E-state index is 0.119. The molecule has 0 unspecified atom stereocenters. The van der Waals surface area contributed by atoms with Crippen molar-refractivity contribution < 1.29 is 29.4 Å². The molecule has 1 fully saturated rings. The normalized spacial score (nSPS) is 24.6. The summed E-state index contributed by atoms with van der Waals surface area (Å²) in [5.41, 5.74) is 0.504. The molecule has 28 heavy (non-hydrogen) atoms. The second-order valence-electron chi connectivity index (χ2n) is 6.18. The Kier molecular flexibility index (Phi) is 4.64. The van der Waals surface area contributed by atoms with Gasteiger partial charge in [-0.25, -0.2) is 19.7 Å². The fourth-order valence-corrected chi connectivity index (χ4v) is 2.92. The maximum atomic E-state index is 12.2. The van der Waals surface area contributed by atoms with Crippen molar-refractivity contribution >= 4 is 28.8 Å². The number of hydrogen-bond donors (Lipinski definition) is 5. The maximum absolute atomic E-state index is 12.2. The minimum atomic E-state index is -1.29. The first-order valence-electron chi connectivity index (χ1n) is 8.29. The highest BCUT2D eigenvalue weighted by molar-refractivity contribution is 6.02. The molecule has 1 aliphatic rings. The number of imidazole rings is 1. The third-order valence-corrected chi connectivity index (χ3v) is 4.25. The summed E-state index contributed by atoms with van der Waals surface area (Å²) in [4.78, 5) is 24.4. The molecule has 0 radical (unpaired) electrons. The fraction of sp³-hybridized carbons (Fsp3) is 0.400. The number of ether oxygens (including phenoxy) is 1. The van der Waals surface area contributed by atoms with Crippen LogP contribution in [-0.2, 0) is 4.74 Å². The molecule has 0 spiro atoms. The molecule has 13 nitrogen and oxygen atoms in total. The van der Waals surface area contributed by atoms with Crippen LogP contribution in [0, 0.1) is 6.92 Å². The predicted molar refractivity (Wildman–Crippen MR) is 92.2 cm³/mol. The van der Waals surface area contributed by atoms with Crippen molar-refractivity contribution in [3.8, 4) is 0 Å². The topological polar surface area (TPSA) is 181 Å². The Morgan fingerprint density at radius 2 is 2.07 bits per heavy atom. The number of aromatic nitrogens is 5. The van der Waals surface area contributed by atoms with Crippen LogP contribution in [0.25, 0.3) is 11.2 Å². The lowest BCUT2D eigenvalue weighted by Crippen LogP contribution is -2.33. The first-order valence-corrected chi connectivity index (χ1v) is 8.29. The van der Waals surface area contributed by atoms with Crippen molar-refractivity contribution in [3.63, 3.8) is 0 Å². The summed E-state index contributed by atoms with van der Waals surface area (Å²) >= 11 is 0. The number of anilines is 2. The van der Waals surface area contributed by atoms with Gasteiger partial charge in [-0.15, -0.1) is 0 Å². The Balaban J connectivity index is 1.58. The van der Waals surface area contributed by atoms with Gasteiger partial charge in [0.15, 0.2) is 29.0 Å². The molecular formula is C15H17N7O6. The molecule has 2 amide bonds. The van der Waals surface area contributed by atoms with E-state index in [4.69, 9.17) is 9.26 Å². The van der Waals surface area contributed by atoms with Crippen molar-refractivity contribution in [1.82, 2.24) is 24.7 Å². The van der Waals surface area contributed by atoms with Crippen LogP contribution in [0.3, 0.4) is 0 Å². The van der Waals surface area contributed by atoms with Crippen molar-refractivity contribution in [1.29, 1.82) is 0 Å². The summed E-state index contributed by atoms with van der Waals surface area (Å²) in [5, 5.41) is 38.0. The SMILES string of the molecule is Cc1cc(NC(=O)Nc2ncnc3c2ncn3[C@@H]2O[C@H](CO)[C@@H](O)[C@H]2O)no1. The first kappa shape index (κ1) is 18.2. The van der Waals surface area contributed by atoms with Gasteiger partial charge in [0.1, 0.15) is 30.4 Å². The maximum Gasteiger partial charge on any atom is 0.326 e. The lowest BCUT2D eigenvalue weighted by Gasteiger charge is -2.16. The van der Waals surface area contributed by atoms with Crippen molar-refractivity contribution in [2.75, 3.05) is 17.2 Å². The Bertz CT molecular complexity index is 1000. The Hall–Kier alpha value is -3.13. The summed E-state index contributed by atoms with van der Waals surface area (Å²) < 4.78 is 11.8. The molecule has 5 N–H and O–H groups in total. The number of aliphatic hydroxyl groups excluding tert-OH is 3. The number of hydrogen-bond acceptors (Lipinski definition) is 10. The number of nitrogens with one attached hydrogen (secondary N) is 2. The van der Waals surface area contributed by atoms with E-state index in [0.717, 1.165) is 0 Å². The van der Waals surface area contributed by atoms with Crippen LogP contribution in [0.1, 0.15) is 12.0 Å².